The molecule has 60 valence electrons. The number of halogens is 4. The Hall–Kier alpha value is -0.160. The summed E-state index contributed by atoms with van der Waals surface area (Å²) in [5.74, 6) is -1.76. The summed E-state index contributed by atoms with van der Waals surface area (Å²) in [6.07, 6.45) is 0. The van der Waals surface area contributed by atoms with Crippen molar-refractivity contribution < 1.29 is 8.78 Å². The normalized spacial score (nSPS) is 9.82. The summed E-state index contributed by atoms with van der Waals surface area (Å²) in [5.41, 5.74) is 0.102. The maximum absolute atomic E-state index is 12.8. The molecule has 0 heterocycles. The highest BCUT2D eigenvalue weighted by Crippen LogP contribution is 2.26. The molecule has 0 atom stereocenters. The first-order valence-corrected chi connectivity index (χ1v) is 4.10. The van der Waals surface area contributed by atoms with Crippen LogP contribution in [0.1, 0.15) is 0 Å². The van der Waals surface area contributed by atoms with Gasteiger partial charge in [-0.25, -0.2) is 11.7 Å². The van der Waals surface area contributed by atoms with Crippen molar-refractivity contribution in [3.8, 4) is 0 Å². The minimum absolute atomic E-state index is 0.102. The molecule has 0 aliphatic rings. The van der Waals surface area contributed by atoms with Gasteiger partial charge in [0.15, 0.2) is 11.6 Å². The van der Waals surface area contributed by atoms with Gasteiger partial charge in [-0.1, -0.05) is 6.07 Å². The summed E-state index contributed by atoms with van der Waals surface area (Å²) in [5, 5.41) is 0. The fraction of sp³-hybridized carbons (Fsp3) is 0. The van der Waals surface area contributed by atoms with Gasteiger partial charge in [0.25, 0.3) is 0 Å². The molecule has 1 aromatic carbocycles. The van der Waals surface area contributed by atoms with Crippen LogP contribution < -0.4 is 2.95 Å². The molecular weight excluding hydrogens is 284 g/mol. The minimum Gasteiger partial charge on any atom is -0.240 e. The second-order valence-corrected chi connectivity index (χ2v) is 4.18. The summed E-state index contributed by atoms with van der Waals surface area (Å²) in [7, 11) is 0. The van der Waals surface area contributed by atoms with E-state index in [4.69, 9.17) is 0 Å². The largest absolute Gasteiger partial charge is 0.240 e. The number of anilines is 1. The molecule has 0 unspecified atom stereocenters. The van der Waals surface area contributed by atoms with Crippen LogP contribution in [0.3, 0.4) is 0 Å². The van der Waals surface area contributed by atoms with E-state index >= 15 is 0 Å². The van der Waals surface area contributed by atoms with Crippen LogP contribution in [0, 0.1) is 11.6 Å². The standard InChI is InChI=1S/C6H3Br2F2N/c7-11(8)5-3-1-2-4(9)6(5)10/h1-3H. The molecule has 0 amide bonds. The van der Waals surface area contributed by atoms with Crippen molar-refractivity contribution in [2.75, 3.05) is 2.95 Å². The van der Waals surface area contributed by atoms with E-state index in [1.54, 1.807) is 0 Å². The Morgan fingerprint density at radius 1 is 1.18 bits per heavy atom. The van der Waals surface area contributed by atoms with Gasteiger partial charge in [-0.15, -0.1) is 0 Å². The third-order valence-electron chi connectivity index (χ3n) is 1.11. The Bertz CT molecular complexity index is 265. The van der Waals surface area contributed by atoms with Crippen molar-refractivity contribution >= 4 is 38.0 Å². The van der Waals surface area contributed by atoms with Crippen LogP contribution >= 0.6 is 32.3 Å². The molecule has 0 aliphatic heterocycles. The van der Waals surface area contributed by atoms with Gasteiger partial charge in [-0.2, -0.15) is 0 Å². The fourth-order valence-corrected chi connectivity index (χ4v) is 1.17. The van der Waals surface area contributed by atoms with Crippen LogP contribution in [0.2, 0.25) is 0 Å². The van der Waals surface area contributed by atoms with Crippen LogP contribution in [0.4, 0.5) is 14.5 Å². The summed E-state index contributed by atoms with van der Waals surface area (Å²) in [4.78, 5) is 0. The quantitative estimate of drug-likeness (QED) is 0.716. The van der Waals surface area contributed by atoms with Crippen molar-refractivity contribution in [3.63, 3.8) is 0 Å². The molecule has 0 fully saturated rings. The highest BCUT2D eigenvalue weighted by atomic mass is 79.9. The van der Waals surface area contributed by atoms with Gasteiger partial charge in [-0.05, 0) is 12.1 Å². The Morgan fingerprint density at radius 2 is 1.82 bits per heavy atom. The lowest BCUT2D eigenvalue weighted by Crippen LogP contribution is -1.96. The van der Waals surface area contributed by atoms with Crippen LogP contribution in [-0.4, -0.2) is 0 Å². The lowest BCUT2D eigenvalue weighted by atomic mass is 10.3. The minimum atomic E-state index is -0.888. The summed E-state index contributed by atoms with van der Waals surface area (Å²) in [6, 6.07) is 3.91. The molecule has 0 aliphatic carbocycles. The highest BCUT2D eigenvalue weighted by molar-refractivity contribution is 9.25. The lowest BCUT2D eigenvalue weighted by molar-refractivity contribution is 0.511. The molecule has 0 saturated carbocycles. The van der Waals surface area contributed by atoms with Crippen LogP contribution in [0.25, 0.3) is 0 Å². The smallest absolute Gasteiger partial charge is 0.183 e. The first-order valence-electron chi connectivity index (χ1n) is 2.68. The second kappa shape index (κ2) is 3.49. The molecule has 0 aromatic heterocycles. The van der Waals surface area contributed by atoms with Crippen LogP contribution in [0.15, 0.2) is 18.2 Å². The number of hydrogen-bond acceptors (Lipinski definition) is 1. The summed E-state index contributed by atoms with van der Waals surface area (Å²) in [6.45, 7) is 0. The topological polar surface area (TPSA) is 3.24 Å². The Kier molecular flexibility index (Phi) is 2.84. The molecule has 0 bridgehead atoms. The molecule has 1 nitrogen and oxygen atoms in total. The second-order valence-electron chi connectivity index (χ2n) is 1.81. The van der Waals surface area contributed by atoms with Gasteiger partial charge < -0.3 is 0 Å². The average Bonchev–Trinajstić information content (AvgIpc) is 1.94. The molecule has 0 radical (unpaired) electrons. The molecule has 1 aromatic rings. The zero-order valence-corrected chi connectivity index (χ0v) is 8.36. The molecule has 5 heteroatoms. The van der Waals surface area contributed by atoms with E-state index in [9.17, 15) is 8.78 Å². The fourth-order valence-electron chi connectivity index (χ4n) is 0.623. The zero-order valence-electron chi connectivity index (χ0n) is 5.19. The maximum Gasteiger partial charge on any atom is 0.183 e. The van der Waals surface area contributed by atoms with Gasteiger partial charge in [0, 0.05) is 0 Å². The van der Waals surface area contributed by atoms with Crippen molar-refractivity contribution in [3.05, 3.63) is 29.8 Å². The van der Waals surface area contributed by atoms with E-state index < -0.39 is 11.6 Å². The van der Waals surface area contributed by atoms with Crippen LogP contribution in [0.5, 0.6) is 0 Å². The molecule has 0 saturated heterocycles. The highest BCUT2D eigenvalue weighted by Gasteiger charge is 2.09. The van der Waals surface area contributed by atoms with Crippen molar-refractivity contribution in [2.45, 2.75) is 0 Å². The number of hydrogen-bond donors (Lipinski definition) is 0. The summed E-state index contributed by atoms with van der Waals surface area (Å²) >= 11 is 5.82. The van der Waals surface area contributed by atoms with Gasteiger partial charge >= 0.3 is 0 Å². The van der Waals surface area contributed by atoms with E-state index in [2.05, 4.69) is 32.3 Å². The third-order valence-corrected chi connectivity index (χ3v) is 1.88. The van der Waals surface area contributed by atoms with E-state index in [-0.39, 0.29) is 5.69 Å². The molecule has 1 rings (SSSR count). The predicted molar refractivity (Wildman–Crippen MR) is 46.7 cm³/mol. The van der Waals surface area contributed by atoms with Gasteiger partial charge in [0.1, 0.15) is 0 Å². The van der Waals surface area contributed by atoms with E-state index in [0.29, 0.717) is 0 Å². The van der Waals surface area contributed by atoms with Crippen molar-refractivity contribution in [1.29, 1.82) is 0 Å². The monoisotopic (exact) mass is 285 g/mol. The zero-order chi connectivity index (χ0) is 8.43. The van der Waals surface area contributed by atoms with Crippen molar-refractivity contribution in [1.82, 2.24) is 0 Å². The summed E-state index contributed by atoms with van der Waals surface area (Å²) < 4.78 is 26.4. The molecule has 11 heavy (non-hydrogen) atoms. The lowest BCUT2D eigenvalue weighted by Gasteiger charge is -2.07. The first-order chi connectivity index (χ1) is 5.13. The van der Waals surface area contributed by atoms with E-state index in [1.165, 1.54) is 12.1 Å². The Morgan fingerprint density at radius 3 is 2.27 bits per heavy atom. The Labute approximate surface area is 79.7 Å². The van der Waals surface area contributed by atoms with Gasteiger partial charge in [0.2, 0.25) is 0 Å². The third kappa shape index (κ3) is 1.90. The maximum atomic E-state index is 12.8. The van der Waals surface area contributed by atoms with Gasteiger partial charge in [-0.3, -0.25) is 0 Å². The molecule has 0 N–H and O–H groups in total. The number of benzene rings is 1. The molecular formula is C6H3Br2F2N. The molecule has 0 spiro atoms. The average molecular weight is 287 g/mol. The van der Waals surface area contributed by atoms with E-state index in [1.807, 2.05) is 0 Å². The SMILES string of the molecule is Fc1cccc(N(Br)Br)c1F. The first kappa shape index (κ1) is 8.93. The number of rotatable bonds is 1. The van der Waals surface area contributed by atoms with Crippen molar-refractivity contribution in [2.24, 2.45) is 0 Å². The predicted octanol–water partition coefficient (Wildman–Crippen LogP) is 3.39. The van der Waals surface area contributed by atoms with Gasteiger partial charge in [0.05, 0.1) is 38.0 Å². The van der Waals surface area contributed by atoms with E-state index in [0.717, 1.165) is 9.02 Å². The number of nitrogens with zero attached hydrogens (tertiary/aromatic N) is 1. The van der Waals surface area contributed by atoms with Crippen LogP contribution in [-0.2, 0) is 0 Å². The Balaban J connectivity index is 3.17.